The van der Waals surface area contributed by atoms with Crippen molar-refractivity contribution in [2.24, 2.45) is 5.92 Å². The van der Waals surface area contributed by atoms with Crippen LogP contribution >= 0.6 is 0 Å². The first-order chi connectivity index (χ1) is 13.6. The van der Waals surface area contributed by atoms with E-state index in [1.165, 1.54) is 56.1 Å². The van der Waals surface area contributed by atoms with Gasteiger partial charge in [-0.15, -0.1) is 0 Å². The molecule has 28 heavy (non-hydrogen) atoms. The van der Waals surface area contributed by atoms with E-state index in [0.717, 1.165) is 30.2 Å². The maximum Gasteiger partial charge on any atom is 0.387 e. The molecule has 0 aromatic heterocycles. The highest BCUT2D eigenvalue weighted by molar-refractivity contribution is 5.30. The van der Waals surface area contributed by atoms with Gasteiger partial charge >= 0.3 is 6.61 Å². The zero-order chi connectivity index (χ0) is 19.8. The van der Waals surface area contributed by atoms with Gasteiger partial charge in [-0.25, -0.2) is 0 Å². The summed E-state index contributed by atoms with van der Waals surface area (Å²) in [6.45, 7) is -0.486. The van der Waals surface area contributed by atoms with Gasteiger partial charge in [-0.3, -0.25) is 0 Å². The molecule has 0 bridgehead atoms. The van der Waals surface area contributed by atoms with Crippen molar-refractivity contribution in [3.8, 4) is 5.75 Å². The van der Waals surface area contributed by atoms with Crippen molar-refractivity contribution in [3.63, 3.8) is 0 Å². The molecule has 1 aliphatic rings. The summed E-state index contributed by atoms with van der Waals surface area (Å²) in [5.41, 5.74) is 3.95. The molecule has 0 unspecified atom stereocenters. The summed E-state index contributed by atoms with van der Waals surface area (Å²) in [5.74, 6) is 1.90. The summed E-state index contributed by atoms with van der Waals surface area (Å²) in [5, 5.41) is 0. The van der Waals surface area contributed by atoms with Gasteiger partial charge in [0.15, 0.2) is 0 Å². The molecule has 3 heteroatoms. The van der Waals surface area contributed by atoms with E-state index in [1.54, 1.807) is 12.1 Å². The number of ether oxygens (including phenoxy) is 1. The van der Waals surface area contributed by atoms with Crippen LogP contribution in [0.3, 0.4) is 0 Å². The van der Waals surface area contributed by atoms with Crippen molar-refractivity contribution in [2.75, 3.05) is 0 Å². The number of hydrogen-bond donors (Lipinski definition) is 0. The third-order valence-electron chi connectivity index (χ3n) is 6.11. The maximum atomic E-state index is 12.2. The fourth-order valence-corrected chi connectivity index (χ4v) is 4.36. The first kappa shape index (κ1) is 20.8. The number of halogens is 2. The lowest BCUT2D eigenvalue weighted by atomic mass is 9.77. The Balaban J connectivity index is 1.46. The van der Waals surface area contributed by atoms with Crippen LogP contribution in [0.25, 0.3) is 0 Å². The van der Waals surface area contributed by atoms with Gasteiger partial charge < -0.3 is 4.74 Å². The van der Waals surface area contributed by atoms with Gasteiger partial charge in [-0.2, -0.15) is 8.78 Å². The lowest BCUT2D eigenvalue weighted by Crippen LogP contribution is -2.13. The largest absolute Gasteiger partial charge is 0.435 e. The molecule has 0 amide bonds. The molecule has 0 heterocycles. The second-order valence-electron chi connectivity index (χ2n) is 8.12. The number of alkyl halides is 2. The van der Waals surface area contributed by atoms with Gasteiger partial charge in [0.2, 0.25) is 0 Å². The van der Waals surface area contributed by atoms with Crippen molar-refractivity contribution in [1.29, 1.82) is 0 Å². The van der Waals surface area contributed by atoms with Crippen molar-refractivity contribution < 1.29 is 13.5 Å². The standard InChI is InChI=1S/C25H32F2O/c1-2-3-4-19-7-13-22(14-8-19)23-15-9-20(10-16-23)5-6-21-11-17-24(18-12-21)28-25(26)27/h9-12,15-19,22,25H,2-8,13-14H2,1H3/t19-,22-. The molecule has 3 rings (SSSR count). The van der Waals surface area contributed by atoms with Crippen LogP contribution < -0.4 is 4.74 Å². The summed E-state index contributed by atoms with van der Waals surface area (Å²) in [6.07, 6.45) is 11.4. The van der Waals surface area contributed by atoms with E-state index < -0.39 is 6.61 Å². The summed E-state index contributed by atoms with van der Waals surface area (Å²) in [7, 11) is 0. The molecule has 0 aliphatic heterocycles. The van der Waals surface area contributed by atoms with Gasteiger partial charge in [0.25, 0.3) is 0 Å². The number of unbranched alkanes of at least 4 members (excludes halogenated alkanes) is 1. The van der Waals surface area contributed by atoms with Gasteiger partial charge in [0, 0.05) is 0 Å². The molecule has 0 N–H and O–H groups in total. The first-order valence-electron chi connectivity index (χ1n) is 10.8. The highest BCUT2D eigenvalue weighted by Crippen LogP contribution is 2.37. The SMILES string of the molecule is CCCC[C@H]1CC[C@H](c2ccc(CCc3ccc(OC(F)F)cc3)cc2)CC1. The van der Waals surface area contributed by atoms with Crippen LogP contribution in [0, 0.1) is 5.92 Å². The Labute approximate surface area is 168 Å². The van der Waals surface area contributed by atoms with Crippen molar-refractivity contribution in [1.82, 2.24) is 0 Å². The molecule has 2 aromatic carbocycles. The second-order valence-corrected chi connectivity index (χ2v) is 8.12. The van der Waals surface area contributed by atoms with Crippen LogP contribution in [0.1, 0.15) is 74.5 Å². The van der Waals surface area contributed by atoms with E-state index in [9.17, 15) is 8.78 Å². The highest BCUT2D eigenvalue weighted by Gasteiger charge is 2.21. The third kappa shape index (κ3) is 6.32. The van der Waals surface area contributed by atoms with E-state index in [1.807, 2.05) is 12.1 Å². The van der Waals surface area contributed by atoms with E-state index in [2.05, 4.69) is 35.9 Å². The number of rotatable bonds is 9. The molecule has 1 nitrogen and oxygen atoms in total. The molecular formula is C25H32F2O. The Morgan fingerprint density at radius 3 is 1.96 bits per heavy atom. The summed E-state index contributed by atoms with van der Waals surface area (Å²) >= 11 is 0. The maximum absolute atomic E-state index is 12.2. The second kappa shape index (κ2) is 10.6. The van der Waals surface area contributed by atoms with Crippen LogP contribution in [0.2, 0.25) is 0 Å². The van der Waals surface area contributed by atoms with Crippen LogP contribution in [0.15, 0.2) is 48.5 Å². The molecule has 1 fully saturated rings. The van der Waals surface area contributed by atoms with E-state index >= 15 is 0 Å². The Hall–Kier alpha value is -1.90. The van der Waals surface area contributed by atoms with Crippen LogP contribution in [0.5, 0.6) is 5.75 Å². The molecular weight excluding hydrogens is 354 g/mol. The first-order valence-corrected chi connectivity index (χ1v) is 10.8. The van der Waals surface area contributed by atoms with Gasteiger partial charge in [-0.05, 0) is 79.2 Å². The molecule has 0 spiro atoms. The zero-order valence-corrected chi connectivity index (χ0v) is 16.9. The normalized spacial score (nSPS) is 19.7. The van der Waals surface area contributed by atoms with E-state index in [-0.39, 0.29) is 5.75 Å². The molecule has 0 atom stereocenters. The van der Waals surface area contributed by atoms with Gasteiger partial charge in [-0.1, -0.05) is 62.6 Å². The third-order valence-corrected chi connectivity index (χ3v) is 6.11. The smallest absolute Gasteiger partial charge is 0.387 e. The quantitative estimate of drug-likeness (QED) is 0.432. The van der Waals surface area contributed by atoms with Crippen molar-refractivity contribution in [2.45, 2.75) is 77.2 Å². The predicted octanol–water partition coefficient (Wildman–Crippen LogP) is 7.54. The summed E-state index contributed by atoms with van der Waals surface area (Å²) in [6, 6.07) is 16.1. The minimum Gasteiger partial charge on any atom is -0.435 e. The molecule has 0 radical (unpaired) electrons. The molecule has 1 saturated carbocycles. The summed E-state index contributed by atoms with van der Waals surface area (Å²) in [4.78, 5) is 0. The fraction of sp³-hybridized carbons (Fsp3) is 0.520. The Morgan fingerprint density at radius 1 is 0.857 bits per heavy atom. The van der Waals surface area contributed by atoms with Gasteiger partial charge in [0.05, 0.1) is 0 Å². The Kier molecular flexibility index (Phi) is 7.88. The number of benzene rings is 2. The van der Waals surface area contributed by atoms with Crippen LogP contribution in [-0.4, -0.2) is 6.61 Å². The molecule has 2 aromatic rings. The molecule has 152 valence electrons. The highest BCUT2D eigenvalue weighted by atomic mass is 19.3. The Bertz CT molecular complexity index is 685. The monoisotopic (exact) mass is 386 g/mol. The molecule has 1 aliphatic carbocycles. The summed E-state index contributed by atoms with van der Waals surface area (Å²) < 4.78 is 28.8. The predicted molar refractivity (Wildman–Crippen MR) is 111 cm³/mol. The van der Waals surface area contributed by atoms with Crippen LogP contribution in [-0.2, 0) is 12.8 Å². The lowest BCUT2D eigenvalue weighted by molar-refractivity contribution is -0.0498. The fourth-order valence-electron chi connectivity index (χ4n) is 4.36. The molecule has 0 saturated heterocycles. The average Bonchev–Trinajstić information content (AvgIpc) is 2.72. The minimum absolute atomic E-state index is 0.215. The minimum atomic E-state index is -2.77. The van der Waals surface area contributed by atoms with Gasteiger partial charge in [0.1, 0.15) is 5.75 Å². The topological polar surface area (TPSA) is 9.23 Å². The Morgan fingerprint density at radius 2 is 1.43 bits per heavy atom. The van der Waals surface area contributed by atoms with Crippen molar-refractivity contribution in [3.05, 3.63) is 65.2 Å². The number of aryl methyl sites for hydroxylation is 2. The average molecular weight is 387 g/mol. The van der Waals surface area contributed by atoms with E-state index in [0.29, 0.717) is 0 Å². The number of hydrogen-bond acceptors (Lipinski definition) is 1. The zero-order valence-electron chi connectivity index (χ0n) is 16.9. The van der Waals surface area contributed by atoms with E-state index in [4.69, 9.17) is 0 Å². The van der Waals surface area contributed by atoms with Crippen LogP contribution in [0.4, 0.5) is 8.78 Å². The lowest BCUT2D eigenvalue weighted by Gasteiger charge is -2.29. The van der Waals surface area contributed by atoms with Crippen molar-refractivity contribution >= 4 is 0 Å².